The van der Waals surface area contributed by atoms with Gasteiger partial charge in [-0.25, -0.2) is 4.52 Å². The van der Waals surface area contributed by atoms with E-state index in [-0.39, 0.29) is 11.6 Å². The topological polar surface area (TPSA) is 81.4 Å². The molecular formula is C23H23N5O2. The predicted molar refractivity (Wildman–Crippen MR) is 116 cm³/mol. The molecule has 0 atom stereocenters. The first-order valence-electron chi connectivity index (χ1n) is 9.96. The van der Waals surface area contributed by atoms with Crippen molar-refractivity contribution < 1.29 is 9.53 Å². The monoisotopic (exact) mass is 401 g/mol. The van der Waals surface area contributed by atoms with E-state index in [9.17, 15) is 4.79 Å². The molecule has 0 saturated heterocycles. The van der Waals surface area contributed by atoms with Gasteiger partial charge in [0.15, 0.2) is 11.3 Å². The fourth-order valence-corrected chi connectivity index (χ4v) is 3.40. The number of hydrogen-bond donors (Lipinski definition) is 1. The summed E-state index contributed by atoms with van der Waals surface area (Å²) in [4.78, 5) is 12.8. The maximum atomic E-state index is 12.8. The number of nitrogens with zero attached hydrogens (tertiary/aromatic N) is 4. The molecule has 0 fully saturated rings. The summed E-state index contributed by atoms with van der Waals surface area (Å²) in [6.45, 7) is 6.40. The van der Waals surface area contributed by atoms with Crippen molar-refractivity contribution in [2.75, 3.05) is 11.9 Å². The Bertz CT molecular complexity index is 1180. The van der Waals surface area contributed by atoms with Gasteiger partial charge in [0.2, 0.25) is 0 Å². The van der Waals surface area contributed by atoms with Crippen LogP contribution in [0, 0.1) is 6.92 Å². The smallest absolute Gasteiger partial charge is 0.278 e. The number of benzene rings is 2. The van der Waals surface area contributed by atoms with Crippen molar-refractivity contribution >= 4 is 17.2 Å². The molecule has 7 heteroatoms. The molecule has 0 unspecified atom stereocenters. The number of carbonyl (C=O) groups excluding carboxylic acids is 1. The molecule has 2 aromatic carbocycles. The molecule has 4 rings (SSSR count). The number of ether oxygens (including phenoxy) is 1. The number of carbonyl (C=O) groups is 1. The van der Waals surface area contributed by atoms with Crippen molar-refractivity contribution in [1.82, 2.24) is 19.8 Å². The van der Waals surface area contributed by atoms with Crippen LogP contribution in [-0.4, -0.2) is 32.3 Å². The van der Waals surface area contributed by atoms with Gasteiger partial charge in [0.1, 0.15) is 5.75 Å². The van der Waals surface area contributed by atoms with Crippen LogP contribution in [0.15, 0.2) is 54.6 Å². The lowest BCUT2D eigenvalue weighted by Gasteiger charge is -2.09. The van der Waals surface area contributed by atoms with Gasteiger partial charge in [-0.2, -0.15) is 5.10 Å². The molecule has 4 aromatic rings. The second-order valence-electron chi connectivity index (χ2n) is 6.82. The van der Waals surface area contributed by atoms with Crippen molar-refractivity contribution in [2.24, 2.45) is 0 Å². The second-order valence-corrected chi connectivity index (χ2v) is 6.82. The van der Waals surface area contributed by atoms with Crippen LogP contribution in [0.4, 0.5) is 5.69 Å². The molecule has 2 heterocycles. The minimum Gasteiger partial charge on any atom is -0.494 e. The van der Waals surface area contributed by atoms with Gasteiger partial charge in [0.05, 0.1) is 23.6 Å². The highest BCUT2D eigenvalue weighted by atomic mass is 16.5. The SMILES string of the molecule is CCOc1ccc(NC(=O)c2nnc3c(-c4ccccc4)c(CC)nn3c2C)cc1. The van der Waals surface area contributed by atoms with E-state index in [0.717, 1.165) is 29.0 Å². The van der Waals surface area contributed by atoms with Crippen molar-refractivity contribution in [2.45, 2.75) is 27.2 Å². The van der Waals surface area contributed by atoms with E-state index in [1.807, 2.05) is 56.3 Å². The van der Waals surface area contributed by atoms with E-state index in [4.69, 9.17) is 9.84 Å². The second kappa shape index (κ2) is 8.32. The average Bonchev–Trinajstić information content (AvgIpc) is 3.16. The van der Waals surface area contributed by atoms with Gasteiger partial charge < -0.3 is 10.1 Å². The Labute approximate surface area is 174 Å². The number of anilines is 1. The lowest BCUT2D eigenvalue weighted by Crippen LogP contribution is -2.18. The molecule has 30 heavy (non-hydrogen) atoms. The van der Waals surface area contributed by atoms with Gasteiger partial charge in [-0.3, -0.25) is 4.79 Å². The van der Waals surface area contributed by atoms with Crippen molar-refractivity contribution in [1.29, 1.82) is 0 Å². The van der Waals surface area contributed by atoms with Crippen molar-refractivity contribution in [3.8, 4) is 16.9 Å². The number of hydrogen-bond acceptors (Lipinski definition) is 5. The Morgan fingerprint density at radius 2 is 1.77 bits per heavy atom. The van der Waals surface area contributed by atoms with Gasteiger partial charge >= 0.3 is 0 Å². The van der Waals surface area contributed by atoms with E-state index >= 15 is 0 Å². The number of amides is 1. The molecule has 0 bridgehead atoms. The third-order valence-electron chi connectivity index (χ3n) is 4.87. The van der Waals surface area contributed by atoms with E-state index in [0.29, 0.717) is 23.6 Å². The summed E-state index contributed by atoms with van der Waals surface area (Å²) in [7, 11) is 0. The average molecular weight is 401 g/mol. The molecule has 152 valence electrons. The van der Waals surface area contributed by atoms with Crippen LogP contribution < -0.4 is 10.1 Å². The van der Waals surface area contributed by atoms with Crippen LogP contribution in [0.2, 0.25) is 0 Å². The van der Waals surface area contributed by atoms with Crippen LogP contribution in [-0.2, 0) is 6.42 Å². The van der Waals surface area contributed by atoms with Crippen LogP contribution in [0.25, 0.3) is 16.8 Å². The Hall–Kier alpha value is -3.74. The van der Waals surface area contributed by atoms with Crippen molar-refractivity contribution in [3.05, 3.63) is 71.7 Å². The van der Waals surface area contributed by atoms with Crippen LogP contribution >= 0.6 is 0 Å². The molecule has 1 N–H and O–H groups in total. The molecule has 0 aliphatic heterocycles. The summed E-state index contributed by atoms with van der Waals surface area (Å²) in [5.74, 6) is 0.422. The molecule has 2 aromatic heterocycles. The number of aryl methyl sites for hydroxylation is 2. The highest BCUT2D eigenvalue weighted by Gasteiger charge is 2.21. The first kappa shape index (κ1) is 19.6. The van der Waals surface area contributed by atoms with Gasteiger partial charge in [0.25, 0.3) is 5.91 Å². The molecule has 0 aliphatic carbocycles. The summed E-state index contributed by atoms with van der Waals surface area (Å²) in [6.07, 6.45) is 0.751. The molecule has 0 spiro atoms. The fourth-order valence-electron chi connectivity index (χ4n) is 3.40. The van der Waals surface area contributed by atoms with Crippen LogP contribution in [0.3, 0.4) is 0 Å². The van der Waals surface area contributed by atoms with Gasteiger partial charge in [0, 0.05) is 5.69 Å². The molecule has 1 amide bonds. The highest BCUT2D eigenvalue weighted by Crippen LogP contribution is 2.28. The molecule has 0 radical (unpaired) electrons. The van der Waals surface area contributed by atoms with E-state index < -0.39 is 0 Å². The Morgan fingerprint density at radius 3 is 2.43 bits per heavy atom. The summed E-state index contributed by atoms with van der Waals surface area (Å²) >= 11 is 0. The maximum absolute atomic E-state index is 12.8. The molecular weight excluding hydrogens is 378 g/mol. The Kier molecular flexibility index (Phi) is 5.43. The molecule has 0 saturated carbocycles. The third kappa shape index (κ3) is 3.61. The Morgan fingerprint density at radius 1 is 1.03 bits per heavy atom. The first-order chi connectivity index (χ1) is 14.6. The lowest BCUT2D eigenvalue weighted by molar-refractivity contribution is 0.102. The zero-order valence-electron chi connectivity index (χ0n) is 17.2. The Balaban J connectivity index is 1.69. The first-order valence-corrected chi connectivity index (χ1v) is 9.96. The minimum absolute atomic E-state index is 0.237. The van der Waals surface area contributed by atoms with Gasteiger partial charge in [-0.1, -0.05) is 37.3 Å². The normalized spacial score (nSPS) is 10.9. The fraction of sp³-hybridized carbons (Fsp3) is 0.217. The van der Waals surface area contributed by atoms with Crippen molar-refractivity contribution in [3.63, 3.8) is 0 Å². The van der Waals surface area contributed by atoms with Crippen LogP contribution in [0.5, 0.6) is 5.75 Å². The van der Waals surface area contributed by atoms with Gasteiger partial charge in [-0.05, 0) is 50.1 Å². The quantitative estimate of drug-likeness (QED) is 0.521. The summed E-state index contributed by atoms with van der Waals surface area (Å²) in [5.41, 5.74) is 5.08. The zero-order chi connectivity index (χ0) is 21.1. The lowest BCUT2D eigenvalue weighted by atomic mass is 10.0. The summed E-state index contributed by atoms with van der Waals surface area (Å²) in [6, 6.07) is 17.2. The third-order valence-corrected chi connectivity index (χ3v) is 4.87. The van der Waals surface area contributed by atoms with Crippen LogP contribution in [0.1, 0.15) is 35.7 Å². The highest BCUT2D eigenvalue weighted by molar-refractivity contribution is 6.03. The maximum Gasteiger partial charge on any atom is 0.278 e. The van der Waals surface area contributed by atoms with E-state index in [1.165, 1.54) is 0 Å². The minimum atomic E-state index is -0.333. The van der Waals surface area contributed by atoms with E-state index in [1.54, 1.807) is 16.6 Å². The standard InChI is InChI=1S/C23H23N5O2/c1-4-19-20(16-9-7-6-8-10-16)22-26-25-21(15(3)28(22)27-19)23(29)24-17-11-13-18(14-12-17)30-5-2/h6-14H,4-5H2,1-3H3,(H,24,29). The zero-order valence-corrected chi connectivity index (χ0v) is 17.2. The van der Waals surface area contributed by atoms with Gasteiger partial charge in [-0.15, -0.1) is 10.2 Å². The largest absolute Gasteiger partial charge is 0.494 e. The van der Waals surface area contributed by atoms with E-state index in [2.05, 4.69) is 22.4 Å². The number of aromatic nitrogens is 4. The number of nitrogens with one attached hydrogen (secondary N) is 1. The summed E-state index contributed by atoms with van der Waals surface area (Å²) < 4.78 is 7.14. The summed E-state index contributed by atoms with van der Waals surface area (Å²) in [5, 5.41) is 16.2. The number of fused-ring (bicyclic) bond motifs is 1. The molecule has 7 nitrogen and oxygen atoms in total. The molecule has 0 aliphatic rings. The number of rotatable bonds is 6. The predicted octanol–water partition coefficient (Wildman–Crippen LogP) is 4.31.